The van der Waals surface area contributed by atoms with Gasteiger partial charge in [0, 0.05) is 23.0 Å². The van der Waals surface area contributed by atoms with Gasteiger partial charge in [-0.2, -0.15) is 0 Å². The Morgan fingerprint density at radius 3 is 2.83 bits per heavy atom. The Morgan fingerprint density at radius 2 is 2.22 bits per heavy atom. The van der Waals surface area contributed by atoms with Gasteiger partial charge in [0.2, 0.25) is 0 Å². The van der Waals surface area contributed by atoms with Crippen LogP contribution in [0.15, 0.2) is 23.6 Å². The van der Waals surface area contributed by atoms with Gasteiger partial charge < -0.3 is 10.8 Å². The van der Waals surface area contributed by atoms with E-state index in [0.29, 0.717) is 6.04 Å². The summed E-state index contributed by atoms with van der Waals surface area (Å²) < 4.78 is 0. The van der Waals surface area contributed by atoms with Gasteiger partial charge in [0.25, 0.3) is 0 Å². The lowest BCUT2D eigenvalue weighted by Gasteiger charge is -2.15. The molecule has 1 unspecified atom stereocenters. The summed E-state index contributed by atoms with van der Waals surface area (Å²) in [5.74, 6) is 1.14. The first-order valence-electron chi connectivity index (χ1n) is 6.38. The molecule has 2 aliphatic rings. The minimum absolute atomic E-state index is 0.481. The Bertz CT molecular complexity index is 483. The van der Waals surface area contributed by atoms with Crippen LogP contribution >= 0.6 is 11.8 Å². The van der Waals surface area contributed by atoms with Gasteiger partial charge in [0.15, 0.2) is 0 Å². The fourth-order valence-electron chi connectivity index (χ4n) is 2.20. The van der Waals surface area contributed by atoms with Crippen LogP contribution in [0.25, 0.3) is 5.57 Å². The molecule has 0 aromatic heterocycles. The van der Waals surface area contributed by atoms with Crippen molar-refractivity contribution in [3.8, 4) is 0 Å². The number of hydrogen-bond acceptors (Lipinski definition) is 4. The first-order chi connectivity index (χ1) is 8.74. The zero-order chi connectivity index (χ0) is 12.5. The van der Waals surface area contributed by atoms with E-state index in [1.165, 1.54) is 5.57 Å². The van der Waals surface area contributed by atoms with E-state index in [4.69, 9.17) is 5.73 Å². The Balaban J connectivity index is 1.79. The van der Waals surface area contributed by atoms with Crippen LogP contribution in [-0.4, -0.2) is 16.9 Å². The lowest BCUT2D eigenvalue weighted by molar-refractivity contribution is 0.137. The normalized spacial score (nSPS) is 20.8. The van der Waals surface area contributed by atoms with E-state index in [1.54, 1.807) is 0 Å². The average Bonchev–Trinajstić information content (AvgIpc) is 3.01. The highest BCUT2D eigenvalue weighted by Crippen LogP contribution is 2.34. The maximum atomic E-state index is 10.0. The Kier molecular flexibility index (Phi) is 3.33. The van der Waals surface area contributed by atoms with E-state index in [2.05, 4.69) is 10.7 Å². The molecule has 3 rings (SSSR count). The van der Waals surface area contributed by atoms with Crippen LogP contribution in [0, 0.1) is 0 Å². The summed E-state index contributed by atoms with van der Waals surface area (Å²) >= 11 is 1.83. The summed E-state index contributed by atoms with van der Waals surface area (Å²) in [5, 5.41) is 15.4. The van der Waals surface area contributed by atoms with Gasteiger partial charge in [-0.3, -0.25) is 5.32 Å². The number of anilines is 1. The third-order valence-electron chi connectivity index (χ3n) is 3.42. The highest BCUT2D eigenvalue weighted by atomic mass is 32.2. The van der Waals surface area contributed by atoms with E-state index < -0.39 is 6.23 Å². The number of nitrogen functional groups attached to an aromatic ring is 1. The molecule has 0 bridgehead atoms. The lowest BCUT2D eigenvalue weighted by Crippen LogP contribution is -2.23. The summed E-state index contributed by atoms with van der Waals surface area (Å²) in [5.41, 5.74) is 10.1. The molecule has 18 heavy (non-hydrogen) atoms. The Hall–Kier alpha value is -0.970. The minimum atomic E-state index is -0.596. The summed E-state index contributed by atoms with van der Waals surface area (Å²) in [6, 6.07) is 6.37. The summed E-state index contributed by atoms with van der Waals surface area (Å²) in [4.78, 5) is 0. The second-order valence-electron chi connectivity index (χ2n) is 4.95. The van der Waals surface area contributed by atoms with Gasteiger partial charge in [-0.1, -0.05) is 12.1 Å². The number of aliphatic hydroxyl groups excluding tert-OH is 1. The molecule has 4 N–H and O–H groups in total. The molecule has 3 nitrogen and oxygen atoms in total. The van der Waals surface area contributed by atoms with Crippen LogP contribution in [0.3, 0.4) is 0 Å². The number of nitrogens with two attached hydrogens (primary N) is 1. The number of rotatable bonds is 4. The van der Waals surface area contributed by atoms with Gasteiger partial charge in [-0.05, 0) is 41.9 Å². The first kappa shape index (κ1) is 12.1. The average molecular weight is 262 g/mol. The van der Waals surface area contributed by atoms with Crippen LogP contribution in [-0.2, 0) is 0 Å². The predicted molar refractivity (Wildman–Crippen MR) is 77.0 cm³/mol. The van der Waals surface area contributed by atoms with Crippen molar-refractivity contribution in [3.05, 3.63) is 34.7 Å². The molecule has 0 spiro atoms. The van der Waals surface area contributed by atoms with Crippen molar-refractivity contribution >= 4 is 23.0 Å². The predicted octanol–water partition coefficient (Wildman–Crippen LogP) is 2.49. The second-order valence-corrected chi connectivity index (χ2v) is 5.93. The quantitative estimate of drug-likeness (QED) is 0.576. The van der Waals surface area contributed by atoms with Crippen LogP contribution in [0.2, 0.25) is 0 Å². The van der Waals surface area contributed by atoms with Gasteiger partial charge in [-0.25, -0.2) is 0 Å². The zero-order valence-electron chi connectivity index (χ0n) is 10.2. The molecule has 1 saturated carbocycles. The van der Waals surface area contributed by atoms with E-state index >= 15 is 0 Å². The Morgan fingerprint density at radius 1 is 1.39 bits per heavy atom. The van der Waals surface area contributed by atoms with Crippen molar-refractivity contribution in [2.24, 2.45) is 0 Å². The Labute approximate surface area is 111 Å². The highest BCUT2D eigenvalue weighted by molar-refractivity contribution is 8.02. The summed E-state index contributed by atoms with van der Waals surface area (Å²) in [6.45, 7) is 0. The van der Waals surface area contributed by atoms with Crippen molar-refractivity contribution in [1.82, 2.24) is 5.32 Å². The smallest absolute Gasteiger partial charge is 0.131 e. The largest absolute Gasteiger partial charge is 0.398 e. The SMILES string of the molecule is Nc1cc(C(O)NC2CC2)ccc1C1=CSCC1. The fourth-order valence-corrected chi connectivity index (χ4v) is 3.10. The molecule has 1 aromatic rings. The van der Waals surface area contributed by atoms with Gasteiger partial charge >= 0.3 is 0 Å². The molecule has 0 radical (unpaired) electrons. The summed E-state index contributed by atoms with van der Waals surface area (Å²) in [7, 11) is 0. The molecular formula is C14H18N2OS. The number of thioether (sulfide) groups is 1. The van der Waals surface area contributed by atoms with Crippen molar-refractivity contribution in [2.75, 3.05) is 11.5 Å². The number of benzene rings is 1. The van der Waals surface area contributed by atoms with Gasteiger partial charge in [0.1, 0.15) is 6.23 Å². The van der Waals surface area contributed by atoms with E-state index in [1.807, 2.05) is 30.0 Å². The molecular weight excluding hydrogens is 244 g/mol. The molecule has 1 aromatic carbocycles. The van der Waals surface area contributed by atoms with Crippen LogP contribution in [0.1, 0.15) is 36.6 Å². The van der Waals surface area contributed by atoms with Crippen LogP contribution in [0.5, 0.6) is 0 Å². The van der Waals surface area contributed by atoms with Crippen LogP contribution in [0.4, 0.5) is 5.69 Å². The molecule has 0 amide bonds. The molecule has 1 fully saturated rings. The van der Waals surface area contributed by atoms with Crippen LogP contribution < -0.4 is 11.1 Å². The molecule has 1 heterocycles. The zero-order valence-corrected chi connectivity index (χ0v) is 11.0. The van der Waals surface area contributed by atoms with E-state index in [-0.39, 0.29) is 0 Å². The number of nitrogens with one attached hydrogen (secondary N) is 1. The summed E-state index contributed by atoms with van der Waals surface area (Å²) in [6.07, 6.45) is 2.81. The lowest BCUT2D eigenvalue weighted by atomic mass is 10.0. The molecule has 96 valence electrons. The second kappa shape index (κ2) is 4.96. The molecule has 1 aliphatic heterocycles. The third kappa shape index (κ3) is 2.55. The highest BCUT2D eigenvalue weighted by Gasteiger charge is 2.24. The standard InChI is InChI=1S/C14H18N2OS/c15-13-7-9(14(17)16-11-2-3-11)1-4-12(13)10-5-6-18-8-10/h1,4,7-8,11,14,16-17H,2-3,5-6,15H2. The minimum Gasteiger partial charge on any atom is -0.398 e. The van der Waals surface area contributed by atoms with E-state index in [9.17, 15) is 5.11 Å². The number of allylic oxidation sites excluding steroid dienone is 1. The van der Waals surface area contributed by atoms with Crippen molar-refractivity contribution in [2.45, 2.75) is 31.5 Å². The molecule has 0 saturated heterocycles. The van der Waals surface area contributed by atoms with Gasteiger partial charge in [-0.15, -0.1) is 11.8 Å². The maximum Gasteiger partial charge on any atom is 0.131 e. The van der Waals surface area contributed by atoms with E-state index in [0.717, 1.165) is 41.8 Å². The molecule has 1 atom stereocenters. The molecule has 4 heteroatoms. The number of hydrogen-bond donors (Lipinski definition) is 3. The van der Waals surface area contributed by atoms with Gasteiger partial charge in [0.05, 0.1) is 0 Å². The molecule has 1 aliphatic carbocycles. The first-order valence-corrected chi connectivity index (χ1v) is 7.43. The van der Waals surface area contributed by atoms with Crippen molar-refractivity contribution in [1.29, 1.82) is 0 Å². The number of aliphatic hydroxyl groups is 1. The fraction of sp³-hybridized carbons (Fsp3) is 0.429. The topological polar surface area (TPSA) is 58.3 Å². The third-order valence-corrected chi connectivity index (χ3v) is 4.31. The van der Waals surface area contributed by atoms with Crippen molar-refractivity contribution < 1.29 is 5.11 Å². The van der Waals surface area contributed by atoms with Crippen molar-refractivity contribution in [3.63, 3.8) is 0 Å². The maximum absolute atomic E-state index is 10.0. The monoisotopic (exact) mass is 262 g/mol.